The molecule has 2 bridgehead atoms. The average Bonchev–Trinajstić information content (AvgIpc) is 2.82. The first-order valence-electron chi connectivity index (χ1n) is 5.59. The third-order valence-electron chi connectivity index (χ3n) is 4.51. The van der Waals surface area contributed by atoms with Crippen LogP contribution in [-0.2, 0) is 9.47 Å². The van der Waals surface area contributed by atoms with Gasteiger partial charge < -0.3 is 9.47 Å². The molecule has 0 amide bonds. The van der Waals surface area contributed by atoms with Gasteiger partial charge in [0.15, 0.2) is 0 Å². The third-order valence-corrected chi connectivity index (χ3v) is 4.51. The molecule has 0 N–H and O–H groups in total. The summed E-state index contributed by atoms with van der Waals surface area (Å²) in [6, 6.07) is 0. The van der Waals surface area contributed by atoms with Crippen molar-refractivity contribution in [2.45, 2.75) is 32.3 Å². The maximum absolute atomic E-state index is 10.9. The highest BCUT2D eigenvalue weighted by Gasteiger charge is 2.50. The number of carbonyl (C=O) groups is 1. The molecule has 0 aromatic rings. The fourth-order valence-electron chi connectivity index (χ4n) is 3.72. The van der Waals surface area contributed by atoms with E-state index in [0.29, 0.717) is 12.5 Å². The monoisotopic (exact) mass is 196 g/mol. The number of fused-ring (bicyclic) bond motifs is 2. The molecule has 4 unspecified atom stereocenters. The predicted molar refractivity (Wildman–Crippen MR) is 49.7 cm³/mol. The van der Waals surface area contributed by atoms with Crippen molar-refractivity contribution >= 4 is 6.16 Å². The Balaban J connectivity index is 1.73. The molecule has 0 aromatic heterocycles. The Hall–Kier alpha value is -0.730. The minimum Gasteiger partial charge on any atom is -0.430 e. The lowest BCUT2D eigenvalue weighted by Crippen LogP contribution is -2.28. The molecule has 1 saturated heterocycles. The Kier molecular flexibility index (Phi) is 1.76. The van der Waals surface area contributed by atoms with Crippen LogP contribution in [0.25, 0.3) is 0 Å². The van der Waals surface area contributed by atoms with Gasteiger partial charge in [0.1, 0.15) is 12.7 Å². The molecule has 3 fully saturated rings. The van der Waals surface area contributed by atoms with E-state index in [9.17, 15) is 4.79 Å². The quantitative estimate of drug-likeness (QED) is 0.603. The molecule has 3 aliphatic rings. The number of hydrogen-bond donors (Lipinski definition) is 0. The van der Waals surface area contributed by atoms with Crippen LogP contribution in [0, 0.1) is 23.7 Å². The van der Waals surface area contributed by atoms with Crippen LogP contribution >= 0.6 is 0 Å². The Labute approximate surface area is 83.8 Å². The topological polar surface area (TPSA) is 35.5 Å². The summed E-state index contributed by atoms with van der Waals surface area (Å²) in [6.07, 6.45) is 3.53. The molecule has 0 spiro atoms. The molecule has 1 heterocycles. The summed E-state index contributed by atoms with van der Waals surface area (Å²) in [5.41, 5.74) is 0. The van der Waals surface area contributed by atoms with Crippen molar-refractivity contribution in [1.82, 2.24) is 0 Å². The van der Waals surface area contributed by atoms with Crippen LogP contribution in [0.5, 0.6) is 0 Å². The number of hydrogen-bond acceptors (Lipinski definition) is 3. The maximum atomic E-state index is 10.9. The minimum absolute atomic E-state index is 0.0558. The Morgan fingerprint density at radius 2 is 2.14 bits per heavy atom. The predicted octanol–water partition coefficient (Wildman–Crippen LogP) is 2.20. The van der Waals surface area contributed by atoms with Crippen molar-refractivity contribution in [1.29, 1.82) is 0 Å². The van der Waals surface area contributed by atoms with E-state index in [0.717, 1.165) is 17.8 Å². The van der Waals surface area contributed by atoms with E-state index >= 15 is 0 Å². The first-order valence-corrected chi connectivity index (χ1v) is 5.59. The average molecular weight is 196 g/mol. The van der Waals surface area contributed by atoms with Crippen molar-refractivity contribution in [2.24, 2.45) is 23.7 Å². The second-order valence-corrected chi connectivity index (χ2v) is 4.98. The van der Waals surface area contributed by atoms with Crippen LogP contribution in [0.2, 0.25) is 0 Å². The van der Waals surface area contributed by atoms with Crippen molar-refractivity contribution in [3.63, 3.8) is 0 Å². The smallest absolute Gasteiger partial charge is 0.430 e. The lowest BCUT2D eigenvalue weighted by atomic mass is 9.84. The van der Waals surface area contributed by atoms with Crippen LogP contribution < -0.4 is 0 Å². The van der Waals surface area contributed by atoms with Gasteiger partial charge in [0.25, 0.3) is 0 Å². The lowest BCUT2D eigenvalue weighted by Gasteiger charge is -2.24. The van der Waals surface area contributed by atoms with Crippen LogP contribution in [0.1, 0.15) is 26.2 Å². The van der Waals surface area contributed by atoms with Crippen molar-refractivity contribution in [2.75, 3.05) is 6.61 Å². The van der Waals surface area contributed by atoms with Gasteiger partial charge in [-0.25, -0.2) is 4.79 Å². The van der Waals surface area contributed by atoms with Gasteiger partial charge in [-0.2, -0.15) is 0 Å². The molecule has 14 heavy (non-hydrogen) atoms. The van der Waals surface area contributed by atoms with Gasteiger partial charge in [0, 0.05) is 5.92 Å². The normalized spacial score (nSPS) is 50.6. The molecular formula is C11H16O3. The van der Waals surface area contributed by atoms with Crippen LogP contribution in [0.15, 0.2) is 0 Å². The van der Waals surface area contributed by atoms with Gasteiger partial charge in [0.05, 0.1) is 0 Å². The zero-order valence-corrected chi connectivity index (χ0v) is 8.44. The molecule has 3 heteroatoms. The molecule has 3 rings (SSSR count). The van der Waals surface area contributed by atoms with Gasteiger partial charge in [0.2, 0.25) is 0 Å². The standard InChI is InChI=1S/C11H16O3/c1-6-7-2-3-8(6)9(4-7)10-5-13-11(12)14-10/h6-10H,2-5H2,1H3/t6-,7?,8?,9?,10?/m0/s1. The van der Waals surface area contributed by atoms with E-state index in [1.807, 2.05) is 0 Å². The molecule has 2 saturated carbocycles. The van der Waals surface area contributed by atoms with Crippen molar-refractivity contribution < 1.29 is 14.3 Å². The van der Waals surface area contributed by atoms with Crippen LogP contribution in [0.4, 0.5) is 4.79 Å². The number of rotatable bonds is 1. The van der Waals surface area contributed by atoms with Gasteiger partial charge >= 0.3 is 6.16 Å². The molecule has 1 aliphatic heterocycles. The van der Waals surface area contributed by atoms with E-state index < -0.39 is 6.16 Å². The highest BCUT2D eigenvalue weighted by atomic mass is 16.8. The molecule has 78 valence electrons. The third kappa shape index (κ3) is 1.07. The molecule has 2 aliphatic carbocycles. The number of ether oxygens (including phenoxy) is 2. The molecule has 0 radical (unpaired) electrons. The fraction of sp³-hybridized carbons (Fsp3) is 0.909. The van der Waals surface area contributed by atoms with Gasteiger partial charge in [-0.1, -0.05) is 6.92 Å². The molecule has 5 atom stereocenters. The SMILES string of the molecule is C[C@H]1C2CCC1C(C1COC(=O)O1)C2. The summed E-state index contributed by atoms with van der Waals surface area (Å²) in [7, 11) is 0. The zero-order valence-electron chi connectivity index (χ0n) is 8.44. The second-order valence-electron chi connectivity index (χ2n) is 4.98. The van der Waals surface area contributed by atoms with E-state index in [4.69, 9.17) is 9.47 Å². The molecular weight excluding hydrogens is 180 g/mol. The highest BCUT2D eigenvalue weighted by Crippen LogP contribution is 2.54. The van der Waals surface area contributed by atoms with Crippen molar-refractivity contribution in [3.05, 3.63) is 0 Å². The summed E-state index contributed by atoms with van der Waals surface area (Å²) in [5, 5.41) is 0. The largest absolute Gasteiger partial charge is 0.508 e. The summed E-state index contributed by atoms with van der Waals surface area (Å²) in [5.74, 6) is 3.07. The summed E-state index contributed by atoms with van der Waals surface area (Å²) in [4.78, 5) is 10.9. The second kappa shape index (κ2) is 2.88. The van der Waals surface area contributed by atoms with E-state index in [1.54, 1.807) is 0 Å². The van der Waals surface area contributed by atoms with Gasteiger partial charge in [-0.15, -0.1) is 0 Å². The first kappa shape index (κ1) is 8.57. The van der Waals surface area contributed by atoms with Gasteiger partial charge in [-0.3, -0.25) is 0 Å². The number of carbonyl (C=O) groups excluding carboxylic acids is 1. The highest BCUT2D eigenvalue weighted by molar-refractivity contribution is 5.61. The van der Waals surface area contributed by atoms with Crippen LogP contribution in [0.3, 0.4) is 0 Å². The zero-order chi connectivity index (χ0) is 9.71. The Morgan fingerprint density at radius 1 is 1.29 bits per heavy atom. The minimum atomic E-state index is -0.467. The summed E-state index contributed by atoms with van der Waals surface area (Å²) >= 11 is 0. The Bertz CT molecular complexity index is 263. The molecule has 3 nitrogen and oxygen atoms in total. The maximum Gasteiger partial charge on any atom is 0.508 e. The summed E-state index contributed by atoms with van der Waals surface area (Å²) in [6.45, 7) is 2.83. The fourth-order valence-corrected chi connectivity index (χ4v) is 3.72. The van der Waals surface area contributed by atoms with Gasteiger partial charge in [-0.05, 0) is 37.0 Å². The Morgan fingerprint density at radius 3 is 2.64 bits per heavy atom. The lowest BCUT2D eigenvalue weighted by molar-refractivity contribution is 0.0773. The summed E-state index contributed by atoms with van der Waals surface area (Å²) < 4.78 is 10.0. The number of cyclic esters (lactones) is 2. The van der Waals surface area contributed by atoms with E-state index in [-0.39, 0.29) is 6.10 Å². The van der Waals surface area contributed by atoms with Crippen LogP contribution in [-0.4, -0.2) is 18.9 Å². The first-order chi connectivity index (χ1) is 6.75. The van der Waals surface area contributed by atoms with E-state index in [1.165, 1.54) is 19.3 Å². The van der Waals surface area contributed by atoms with Crippen molar-refractivity contribution in [3.8, 4) is 0 Å². The van der Waals surface area contributed by atoms with E-state index in [2.05, 4.69) is 6.92 Å². The molecule has 0 aromatic carbocycles.